The van der Waals surface area contributed by atoms with E-state index < -0.39 is 11.7 Å². The minimum atomic E-state index is -4.39. The average molecular weight is 410 g/mol. The Kier molecular flexibility index (Phi) is 7.46. The van der Waals surface area contributed by atoms with Crippen molar-refractivity contribution in [1.29, 1.82) is 0 Å². The number of hydrogen-bond donors (Lipinski definition) is 1. The van der Waals surface area contributed by atoms with Crippen LogP contribution in [0.2, 0.25) is 0 Å². The Labute approximate surface area is 166 Å². The first-order chi connectivity index (χ1) is 13.7. The third kappa shape index (κ3) is 6.41. The van der Waals surface area contributed by atoms with Crippen LogP contribution in [0.5, 0.6) is 17.2 Å². The van der Waals surface area contributed by atoms with Crippen molar-refractivity contribution in [3.8, 4) is 17.2 Å². The van der Waals surface area contributed by atoms with Gasteiger partial charge in [0.05, 0.1) is 18.4 Å². The van der Waals surface area contributed by atoms with Gasteiger partial charge < -0.3 is 19.7 Å². The number of likely N-dealkylation sites (tertiary alicyclic amines) is 1. The second-order valence-electron chi connectivity index (χ2n) is 6.17. The summed E-state index contributed by atoms with van der Waals surface area (Å²) in [5.41, 5.74) is -0.361. The Balaban J connectivity index is 0.000000360. The molecule has 1 fully saturated rings. The molecular weight excluding hydrogens is 389 g/mol. The van der Waals surface area contributed by atoms with Crippen LogP contribution in [0.25, 0.3) is 0 Å². The minimum absolute atomic E-state index is 0.246. The molecule has 0 aliphatic carbocycles. The van der Waals surface area contributed by atoms with Crippen LogP contribution in [0.1, 0.15) is 18.4 Å². The topological polar surface area (TPSA) is 67.9 Å². The summed E-state index contributed by atoms with van der Waals surface area (Å²) in [6.45, 7) is 0.957. The molecular formula is C20H21F3N2O4. The molecule has 6 nitrogen and oxygen atoms in total. The predicted octanol–water partition coefficient (Wildman–Crippen LogP) is 4.31. The second kappa shape index (κ2) is 9.81. The van der Waals surface area contributed by atoms with E-state index in [4.69, 9.17) is 9.47 Å². The number of alkyl halides is 3. The van der Waals surface area contributed by atoms with Crippen LogP contribution in [0.15, 0.2) is 42.5 Å². The van der Waals surface area contributed by atoms with Gasteiger partial charge in [0.25, 0.3) is 0 Å². The summed E-state index contributed by atoms with van der Waals surface area (Å²) in [6.07, 6.45) is -2.09. The lowest BCUT2D eigenvalue weighted by molar-refractivity contribution is -0.137. The van der Waals surface area contributed by atoms with E-state index in [1.54, 1.807) is 17.0 Å². The van der Waals surface area contributed by atoms with Crippen molar-refractivity contribution in [2.75, 3.05) is 26.0 Å². The van der Waals surface area contributed by atoms with Crippen molar-refractivity contribution in [2.45, 2.75) is 19.0 Å². The third-order valence-corrected chi connectivity index (χ3v) is 4.11. The van der Waals surface area contributed by atoms with Gasteiger partial charge >= 0.3 is 6.18 Å². The molecule has 0 bridgehead atoms. The van der Waals surface area contributed by atoms with E-state index in [0.29, 0.717) is 29.5 Å². The Hall–Kier alpha value is -3.23. The molecule has 1 heterocycles. The number of amides is 2. The van der Waals surface area contributed by atoms with Crippen LogP contribution in [-0.2, 0) is 15.8 Å². The maximum atomic E-state index is 12.5. The Morgan fingerprint density at radius 1 is 1.10 bits per heavy atom. The number of rotatable bonds is 5. The van der Waals surface area contributed by atoms with Gasteiger partial charge in [0.1, 0.15) is 17.2 Å². The summed E-state index contributed by atoms with van der Waals surface area (Å²) in [4.78, 5) is 22.8. The van der Waals surface area contributed by atoms with Gasteiger partial charge in [0, 0.05) is 26.1 Å². The van der Waals surface area contributed by atoms with Crippen molar-refractivity contribution >= 4 is 18.0 Å². The van der Waals surface area contributed by atoms with Gasteiger partial charge in [0.15, 0.2) is 0 Å². The number of benzene rings is 2. The Morgan fingerprint density at radius 3 is 2.21 bits per heavy atom. The van der Waals surface area contributed by atoms with Gasteiger partial charge in [-0.3, -0.25) is 9.59 Å². The molecule has 0 radical (unpaired) electrons. The number of halogens is 3. The molecule has 0 unspecified atom stereocenters. The molecule has 2 aromatic rings. The molecule has 0 saturated carbocycles. The number of nitrogens with one attached hydrogen (secondary N) is 1. The van der Waals surface area contributed by atoms with E-state index in [2.05, 4.69) is 5.32 Å². The maximum Gasteiger partial charge on any atom is 0.416 e. The highest BCUT2D eigenvalue weighted by atomic mass is 19.4. The Morgan fingerprint density at radius 2 is 1.76 bits per heavy atom. The van der Waals surface area contributed by atoms with Crippen molar-refractivity contribution in [3.63, 3.8) is 0 Å². The number of carbonyl (C=O) groups is 2. The Bertz CT molecular complexity index is 839. The number of ether oxygens (including phenoxy) is 2. The minimum Gasteiger partial charge on any atom is -0.495 e. The van der Waals surface area contributed by atoms with Crippen molar-refractivity contribution in [2.24, 2.45) is 0 Å². The largest absolute Gasteiger partial charge is 0.495 e. The quantitative estimate of drug-likeness (QED) is 0.746. The fourth-order valence-corrected chi connectivity index (χ4v) is 2.56. The zero-order valence-electron chi connectivity index (χ0n) is 16.0. The summed E-state index contributed by atoms with van der Waals surface area (Å²) < 4.78 is 47.9. The molecule has 9 heteroatoms. The third-order valence-electron chi connectivity index (χ3n) is 4.11. The summed E-state index contributed by atoms with van der Waals surface area (Å²) in [5.74, 6) is 1.33. The summed E-state index contributed by atoms with van der Waals surface area (Å²) in [7, 11) is 3.29. The molecule has 2 amide bonds. The highest BCUT2D eigenvalue weighted by Crippen LogP contribution is 2.33. The molecule has 1 saturated heterocycles. The van der Waals surface area contributed by atoms with E-state index in [1.165, 1.54) is 25.3 Å². The number of hydrogen-bond acceptors (Lipinski definition) is 4. The van der Waals surface area contributed by atoms with Crippen LogP contribution in [0.3, 0.4) is 0 Å². The lowest BCUT2D eigenvalue weighted by Crippen LogP contribution is -2.17. The maximum absolute atomic E-state index is 12.5. The first kappa shape index (κ1) is 22.1. The van der Waals surface area contributed by atoms with E-state index in [1.807, 2.05) is 7.05 Å². The van der Waals surface area contributed by atoms with Crippen molar-refractivity contribution in [1.82, 2.24) is 4.90 Å². The van der Waals surface area contributed by atoms with E-state index in [0.717, 1.165) is 31.5 Å². The van der Waals surface area contributed by atoms with Gasteiger partial charge in [0.2, 0.25) is 12.3 Å². The van der Waals surface area contributed by atoms with Gasteiger partial charge in [-0.05, 0) is 42.8 Å². The molecule has 3 rings (SSSR count). The summed E-state index contributed by atoms with van der Waals surface area (Å²) in [5, 5.41) is 2.45. The standard InChI is InChI=1S/C15H12F3NO3.C5H9NO/c1-21-14-7-6-12(8-13(14)19-9-20)22-11-4-2-10(3-5-11)15(16,17)18;1-6-4-2-3-5(6)7/h2-9H,1H3,(H,19,20);2-4H2,1H3. The predicted molar refractivity (Wildman–Crippen MR) is 101 cm³/mol. The van der Waals surface area contributed by atoms with Crippen LogP contribution in [0.4, 0.5) is 18.9 Å². The van der Waals surface area contributed by atoms with Gasteiger partial charge in [-0.15, -0.1) is 0 Å². The number of methoxy groups -OCH3 is 1. The van der Waals surface area contributed by atoms with E-state index in [9.17, 15) is 22.8 Å². The van der Waals surface area contributed by atoms with Crippen LogP contribution in [-0.4, -0.2) is 37.9 Å². The summed E-state index contributed by atoms with van der Waals surface area (Å²) in [6, 6.07) is 8.97. The van der Waals surface area contributed by atoms with Gasteiger partial charge in [-0.2, -0.15) is 13.2 Å². The zero-order chi connectivity index (χ0) is 21.4. The average Bonchev–Trinajstić information content (AvgIpc) is 3.05. The second-order valence-corrected chi connectivity index (χ2v) is 6.17. The zero-order valence-corrected chi connectivity index (χ0v) is 16.0. The molecule has 0 atom stereocenters. The molecule has 0 aromatic heterocycles. The number of anilines is 1. The molecule has 1 N–H and O–H groups in total. The number of carbonyl (C=O) groups excluding carboxylic acids is 2. The lowest BCUT2D eigenvalue weighted by atomic mass is 10.2. The SMILES string of the molecule is CN1CCCC1=O.COc1ccc(Oc2ccc(C(F)(F)F)cc2)cc1NC=O. The van der Waals surface area contributed by atoms with E-state index >= 15 is 0 Å². The summed E-state index contributed by atoms with van der Waals surface area (Å²) >= 11 is 0. The highest BCUT2D eigenvalue weighted by molar-refractivity contribution is 5.77. The molecule has 2 aromatic carbocycles. The van der Waals surface area contributed by atoms with Gasteiger partial charge in [-0.1, -0.05) is 0 Å². The lowest BCUT2D eigenvalue weighted by Gasteiger charge is -2.11. The fourth-order valence-electron chi connectivity index (χ4n) is 2.56. The first-order valence-electron chi connectivity index (χ1n) is 8.72. The van der Waals surface area contributed by atoms with Crippen molar-refractivity contribution < 1.29 is 32.2 Å². The molecule has 1 aliphatic heterocycles. The monoisotopic (exact) mass is 410 g/mol. The van der Waals surface area contributed by atoms with Crippen molar-refractivity contribution in [3.05, 3.63) is 48.0 Å². The first-order valence-corrected chi connectivity index (χ1v) is 8.72. The highest BCUT2D eigenvalue weighted by Gasteiger charge is 2.30. The van der Waals surface area contributed by atoms with E-state index in [-0.39, 0.29) is 5.75 Å². The van der Waals surface area contributed by atoms with Gasteiger partial charge in [-0.25, -0.2) is 0 Å². The smallest absolute Gasteiger partial charge is 0.416 e. The molecule has 29 heavy (non-hydrogen) atoms. The van der Waals surface area contributed by atoms with Crippen LogP contribution < -0.4 is 14.8 Å². The molecule has 1 aliphatic rings. The van der Waals surface area contributed by atoms with Crippen LogP contribution in [0, 0.1) is 0 Å². The normalized spacial score (nSPS) is 13.4. The van der Waals surface area contributed by atoms with Crippen LogP contribution >= 0.6 is 0 Å². The molecule has 156 valence electrons. The number of nitrogens with zero attached hydrogens (tertiary/aromatic N) is 1. The fraction of sp³-hybridized carbons (Fsp3) is 0.300. The molecule has 0 spiro atoms.